The molecule has 0 saturated carbocycles. The van der Waals surface area contributed by atoms with E-state index >= 15 is 0 Å². The van der Waals surface area contributed by atoms with Crippen LogP contribution in [0.3, 0.4) is 0 Å². The monoisotopic (exact) mass is 419 g/mol. The van der Waals surface area contributed by atoms with Gasteiger partial charge in [0, 0.05) is 32.7 Å². The van der Waals surface area contributed by atoms with Gasteiger partial charge in [-0.3, -0.25) is 4.90 Å². The molecule has 26 heavy (non-hydrogen) atoms. The van der Waals surface area contributed by atoms with Crippen LogP contribution in [0.15, 0.2) is 17.0 Å². The fourth-order valence-corrected chi connectivity index (χ4v) is 4.52. The lowest BCUT2D eigenvalue weighted by Gasteiger charge is -2.35. The standard InChI is InChI=1S/C15H21F4N3O2S.ClH/c1-10-7-12(16)8-11(2)14(10)25(23,24)21-9-13(15(17,18)19)22-5-3-20-4-6-22;/h7-8,13,20-21H,3-6,9H2,1-2H3;1H. The molecular formula is C15H22ClF4N3O2S. The van der Waals surface area contributed by atoms with Gasteiger partial charge in [0.1, 0.15) is 11.9 Å². The second-order valence-electron chi connectivity index (χ2n) is 6.06. The first-order chi connectivity index (χ1) is 11.5. The van der Waals surface area contributed by atoms with Gasteiger partial charge in [0.15, 0.2) is 0 Å². The van der Waals surface area contributed by atoms with E-state index in [1.54, 1.807) is 0 Å². The average Bonchev–Trinajstić information content (AvgIpc) is 2.45. The molecule has 150 valence electrons. The van der Waals surface area contributed by atoms with Crippen LogP contribution >= 0.6 is 12.4 Å². The van der Waals surface area contributed by atoms with Gasteiger partial charge in [-0.05, 0) is 37.1 Å². The Bertz CT molecular complexity index is 699. The summed E-state index contributed by atoms with van der Waals surface area (Å²) in [5.41, 5.74) is 0.298. The molecular weight excluding hydrogens is 398 g/mol. The van der Waals surface area contributed by atoms with Crippen LogP contribution in [0.4, 0.5) is 17.6 Å². The number of nitrogens with one attached hydrogen (secondary N) is 2. The average molecular weight is 420 g/mol. The van der Waals surface area contributed by atoms with E-state index in [0.29, 0.717) is 13.1 Å². The molecule has 2 rings (SSSR count). The lowest BCUT2D eigenvalue weighted by Crippen LogP contribution is -2.57. The topological polar surface area (TPSA) is 61.4 Å². The van der Waals surface area contributed by atoms with Gasteiger partial charge in [0.05, 0.1) is 4.90 Å². The molecule has 11 heteroatoms. The molecule has 0 spiro atoms. The molecule has 1 atom stereocenters. The van der Waals surface area contributed by atoms with E-state index in [9.17, 15) is 26.0 Å². The fourth-order valence-electron chi connectivity index (χ4n) is 3.03. The minimum absolute atomic E-state index is 0. The van der Waals surface area contributed by atoms with Crippen molar-refractivity contribution in [3.05, 3.63) is 29.1 Å². The Morgan fingerprint density at radius 1 is 1.19 bits per heavy atom. The molecule has 0 aromatic heterocycles. The third-order valence-corrected chi connectivity index (χ3v) is 5.86. The maximum Gasteiger partial charge on any atom is 0.405 e. The lowest BCUT2D eigenvalue weighted by atomic mass is 10.1. The minimum Gasteiger partial charge on any atom is -0.314 e. The molecule has 1 aromatic rings. The summed E-state index contributed by atoms with van der Waals surface area (Å²) in [5, 5.41) is 2.96. The quantitative estimate of drug-likeness (QED) is 0.716. The first-order valence-corrected chi connectivity index (χ1v) is 9.28. The van der Waals surface area contributed by atoms with E-state index in [1.807, 2.05) is 4.72 Å². The van der Waals surface area contributed by atoms with E-state index < -0.39 is 34.6 Å². The molecule has 0 aliphatic carbocycles. The van der Waals surface area contributed by atoms with Gasteiger partial charge < -0.3 is 5.32 Å². The predicted molar refractivity (Wildman–Crippen MR) is 92.6 cm³/mol. The van der Waals surface area contributed by atoms with Crippen molar-refractivity contribution < 1.29 is 26.0 Å². The highest BCUT2D eigenvalue weighted by Crippen LogP contribution is 2.26. The van der Waals surface area contributed by atoms with Crippen molar-refractivity contribution in [1.82, 2.24) is 14.9 Å². The van der Waals surface area contributed by atoms with Gasteiger partial charge in [0.2, 0.25) is 10.0 Å². The summed E-state index contributed by atoms with van der Waals surface area (Å²) in [6.45, 7) is 3.21. The minimum atomic E-state index is -4.56. The Kier molecular flexibility index (Phi) is 7.85. The van der Waals surface area contributed by atoms with Gasteiger partial charge in [-0.15, -0.1) is 12.4 Å². The van der Waals surface area contributed by atoms with Crippen molar-refractivity contribution in [2.24, 2.45) is 0 Å². The molecule has 2 N–H and O–H groups in total. The summed E-state index contributed by atoms with van der Waals surface area (Å²) in [6, 6.07) is 0.170. The van der Waals surface area contributed by atoms with E-state index in [-0.39, 0.29) is 41.5 Å². The SMILES string of the molecule is Cc1cc(F)cc(C)c1S(=O)(=O)NCC(N1CCNCC1)C(F)(F)F.Cl. The summed E-state index contributed by atoms with van der Waals surface area (Å²) in [4.78, 5) is 1.03. The highest BCUT2D eigenvalue weighted by molar-refractivity contribution is 7.89. The van der Waals surface area contributed by atoms with E-state index in [2.05, 4.69) is 5.32 Å². The van der Waals surface area contributed by atoms with E-state index in [4.69, 9.17) is 0 Å². The summed E-state index contributed by atoms with van der Waals surface area (Å²) in [7, 11) is -4.19. The number of piperazine rings is 1. The molecule has 1 aliphatic rings. The Morgan fingerprint density at radius 3 is 2.15 bits per heavy atom. The highest BCUT2D eigenvalue weighted by atomic mass is 35.5. The van der Waals surface area contributed by atoms with Crippen molar-refractivity contribution in [1.29, 1.82) is 0 Å². The number of rotatable bonds is 5. The Labute approximate surface area is 156 Å². The molecule has 0 amide bonds. The van der Waals surface area contributed by atoms with Crippen LogP contribution in [-0.4, -0.2) is 58.3 Å². The molecule has 1 saturated heterocycles. The Morgan fingerprint density at radius 2 is 1.69 bits per heavy atom. The molecule has 0 bridgehead atoms. The zero-order valence-corrected chi connectivity index (χ0v) is 16.0. The molecule has 1 unspecified atom stereocenters. The maximum atomic E-state index is 13.3. The van der Waals surface area contributed by atoms with Crippen LogP contribution in [0, 0.1) is 19.7 Å². The number of sulfonamides is 1. The molecule has 0 radical (unpaired) electrons. The number of hydrogen-bond donors (Lipinski definition) is 2. The van der Waals surface area contributed by atoms with Gasteiger partial charge in [0.25, 0.3) is 0 Å². The van der Waals surface area contributed by atoms with Gasteiger partial charge in [-0.25, -0.2) is 17.5 Å². The van der Waals surface area contributed by atoms with Crippen LogP contribution < -0.4 is 10.0 Å². The number of halogens is 5. The largest absolute Gasteiger partial charge is 0.405 e. The number of aryl methyl sites for hydroxylation is 2. The van der Waals surface area contributed by atoms with Crippen molar-refractivity contribution in [3.63, 3.8) is 0 Å². The van der Waals surface area contributed by atoms with E-state index in [1.165, 1.54) is 18.7 Å². The number of hydrogen-bond acceptors (Lipinski definition) is 4. The van der Waals surface area contributed by atoms with Crippen LogP contribution in [0.2, 0.25) is 0 Å². The zero-order valence-electron chi connectivity index (χ0n) is 14.4. The van der Waals surface area contributed by atoms with Crippen LogP contribution in [0.5, 0.6) is 0 Å². The Balaban J connectivity index is 0.00000338. The van der Waals surface area contributed by atoms with Crippen LogP contribution in [0.25, 0.3) is 0 Å². The zero-order chi connectivity index (χ0) is 18.8. The van der Waals surface area contributed by atoms with Gasteiger partial charge in [-0.1, -0.05) is 0 Å². The molecule has 1 heterocycles. The van der Waals surface area contributed by atoms with Crippen LogP contribution in [0.1, 0.15) is 11.1 Å². The second-order valence-corrected chi connectivity index (χ2v) is 7.77. The summed E-state index contributed by atoms with van der Waals surface area (Å²) < 4.78 is 80.4. The van der Waals surface area contributed by atoms with Gasteiger partial charge in [-0.2, -0.15) is 13.2 Å². The van der Waals surface area contributed by atoms with Gasteiger partial charge >= 0.3 is 6.18 Å². The molecule has 1 aromatic carbocycles. The number of benzene rings is 1. The second kappa shape index (κ2) is 8.83. The van der Waals surface area contributed by atoms with Crippen molar-refractivity contribution in [2.75, 3.05) is 32.7 Å². The predicted octanol–water partition coefficient (Wildman–Crippen LogP) is 1.98. The molecule has 1 aliphatic heterocycles. The third-order valence-electron chi connectivity index (χ3n) is 4.13. The first-order valence-electron chi connectivity index (χ1n) is 7.80. The van der Waals surface area contributed by atoms with Crippen LogP contribution in [-0.2, 0) is 10.0 Å². The fraction of sp³-hybridized carbons (Fsp3) is 0.600. The van der Waals surface area contributed by atoms with Crippen molar-refractivity contribution >= 4 is 22.4 Å². The number of nitrogens with zero attached hydrogens (tertiary/aromatic N) is 1. The maximum absolute atomic E-state index is 13.3. The lowest BCUT2D eigenvalue weighted by molar-refractivity contribution is -0.182. The molecule has 5 nitrogen and oxygen atoms in total. The summed E-state index contributed by atoms with van der Waals surface area (Å²) in [6.07, 6.45) is -4.56. The first kappa shape index (κ1) is 23.1. The third kappa shape index (κ3) is 5.53. The highest BCUT2D eigenvalue weighted by Gasteiger charge is 2.44. The summed E-state index contributed by atoms with van der Waals surface area (Å²) >= 11 is 0. The Hall–Kier alpha value is -0.940. The number of alkyl halides is 3. The molecule has 1 fully saturated rings. The van der Waals surface area contributed by atoms with Crippen molar-refractivity contribution in [3.8, 4) is 0 Å². The normalized spacial score (nSPS) is 17.6. The smallest absolute Gasteiger partial charge is 0.314 e. The van der Waals surface area contributed by atoms with E-state index in [0.717, 1.165) is 12.1 Å². The summed E-state index contributed by atoms with van der Waals surface area (Å²) in [5.74, 6) is -0.595. The van der Waals surface area contributed by atoms with Crippen molar-refractivity contribution in [2.45, 2.75) is 31.0 Å².